The molecule has 0 amide bonds. The van der Waals surface area contributed by atoms with Crippen LogP contribution in [0.2, 0.25) is 0 Å². The van der Waals surface area contributed by atoms with Gasteiger partial charge in [-0.15, -0.1) is 5.73 Å². The summed E-state index contributed by atoms with van der Waals surface area (Å²) in [6.07, 6.45) is 19.1. The van der Waals surface area contributed by atoms with Crippen LogP contribution in [-0.4, -0.2) is 96.0 Å². The summed E-state index contributed by atoms with van der Waals surface area (Å²) in [6, 6.07) is 0. The molecule has 0 aromatic rings. The van der Waals surface area contributed by atoms with Crippen molar-refractivity contribution in [3.8, 4) is 0 Å². The maximum atomic E-state index is 12.7. The van der Waals surface area contributed by atoms with E-state index in [0.717, 1.165) is 57.8 Å². The fourth-order valence-corrected chi connectivity index (χ4v) is 6.81. The molecule has 12 nitrogen and oxygen atoms in total. The number of allylic oxidation sites excluding steroid dienone is 1. The van der Waals surface area contributed by atoms with E-state index in [0.29, 0.717) is 12.8 Å². The summed E-state index contributed by atoms with van der Waals surface area (Å²) >= 11 is 0. The van der Waals surface area contributed by atoms with Crippen LogP contribution in [0.4, 0.5) is 0 Å². The number of unbranched alkanes of at least 4 members (excludes halogenated alkanes) is 19. The Labute approximate surface area is 319 Å². The van der Waals surface area contributed by atoms with Crippen LogP contribution in [0.5, 0.6) is 0 Å². The third-order valence-electron chi connectivity index (χ3n) is 9.37. The zero-order chi connectivity index (χ0) is 39.2. The van der Waals surface area contributed by atoms with Gasteiger partial charge in [0.25, 0.3) is 10.1 Å². The Bertz CT molecular complexity index is 1110. The molecule has 4 N–H and O–H groups in total. The van der Waals surface area contributed by atoms with Gasteiger partial charge in [-0.1, -0.05) is 117 Å². The first-order valence-electron chi connectivity index (χ1n) is 20.5. The Kier molecular flexibility index (Phi) is 29.1. The Morgan fingerprint density at radius 3 is 1.64 bits per heavy atom. The maximum Gasteiger partial charge on any atom is 0.306 e. The van der Waals surface area contributed by atoms with E-state index in [9.17, 15) is 37.9 Å². The summed E-state index contributed by atoms with van der Waals surface area (Å²) < 4.78 is 53.8. The van der Waals surface area contributed by atoms with E-state index in [2.05, 4.69) is 31.7 Å². The molecular weight excluding hydrogens is 704 g/mol. The summed E-state index contributed by atoms with van der Waals surface area (Å²) in [4.78, 5) is 25.2. The fourth-order valence-electron chi connectivity index (χ4n) is 6.12. The van der Waals surface area contributed by atoms with Crippen LogP contribution in [0.15, 0.2) is 17.9 Å². The summed E-state index contributed by atoms with van der Waals surface area (Å²) in [6.45, 7) is 3.69. The number of ether oxygens (including phenoxy) is 4. The van der Waals surface area contributed by atoms with Gasteiger partial charge in [0.15, 0.2) is 12.4 Å². The first kappa shape index (κ1) is 49.2. The summed E-state index contributed by atoms with van der Waals surface area (Å²) in [5.74, 6) is -2.00. The van der Waals surface area contributed by atoms with E-state index < -0.39 is 71.2 Å². The average molecular weight is 777 g/mol. The van der Waals surface area contributed by atoms with Gasteiger partial charge < -0.3 is 34.3 Å². The van der Waals surface area contributed by atoms with Gasteiger partial charge in [-0.2, -0.15) is 8.42 Å². The average Bonchev–Trinajstić information content (AvgIpc) is 3.12. The number of carbonyl (C=O) groups excluding carboxylic acids is 2. The van der Waals surface area contributed by atoms with Crippen molar-refractivity contribution >= 4 is 22.1 Å². The van der Waals surface area contributed by atoms with Crippen molar-refractivity contribution in [3.05, 3.63) is 17.9 Å². The number of aliphatic hydroxyl groups is 3. The van der Waals surface area contributed by atoms with Crippen LogP contribution >= 0.6 is 0 Å². The second-order valence-electron chi connectivity index (χ2n) is 14.4. The highest BCUT2D eigenvalue weighted by molar-refractivity contribution is 7.85. The summed E-state index contributed by atoms with van der Waals surface area (Å²) in [7, 11) is -4.60. The Balaban J connectivity index is 2.50. The Morgan fingerprint density at radius 1 is 0.660 bits per heavy atom. The molecule has 0 aromatic carbocycles. The third-order valence-corrected chi connectivity index (χ3v) is 10.1. The van der Waals surface area contributed by atoms with Crippen LogP contribution in [0.3, 0.4) is 0 Å². The van der Waals surface area contributed by atoms with Crippen molar-refractivity contribution < 1.29 is 56.8 Å². The SMILES string of the molecule is CCCCCCCC=C=CCCCCCCCC(=O)OC[C@H](CO[C@H]1O[C@H](CS(=O)(=O)O)[C@@H](O)C(O)C1O)OC(=O)CCCCCCCCCCCC. The molecule has 1 aliphatic rings. The van der Waals surface area contributed by atoms with Gasteiger partial charge >= 0.3 is 11.9 Å². The fraction of sp³-hybridized carbons (Fsp3) is 0.875. The Hall–Kier alpha value is -1.83. The standard InChI is InChI=1S/C40H72O12S/c1-3-5-7-9-11-13-15-16-17-18-19-21-22-24-26-28-35(41)49-30-33(51-36(42)29-27-25-23-20-14-12-10-8-6-4-2)31-50-40-39(45)38(44)37(43)34(52-40)32-53(46,47)48/h15,17,33-34,37-40,43-45H,3-14,18-32H2,1-2H3,(H,46,47,48)/t16?,33-,34-,37-,38?,39?,40+/m1/s1. The lowest BCUT2D eigenvalue weighted by Crippen LogP contribution is -2.60. The van der Waals surface area contributed by atoms with Crippen molar-refractivity contribution in [2.45, 2.75) is 205 Å². The predicted molar refractivity (Wildman–Crippen MR) is 205 cm³/mol. The summed E-state index contributed by atoms with van der Waals surface area (Å²) in [5.41, 5.74) is 3.27. The van der Waals surface area contributed by atoms with Crippen LogP contribution in [-0.2, 0) is 38.7 Å². The summed E-state index contributed by atoms with van der Waals surface area (Å²) in [5, 5.41) is 30.7. The van der Waals surface area contributed by atoms with E-state index in [1.54, 1.807) is 0 Å². The normalized spacial score (nSPS) is 20.8. The van der Waals surface area contributed by atoms with E-state index in [4.69, 9.17) is 18.9 Å². The molecule has 310 valence electrons. The third kappa shape index (κ3) is 26.6. The molecule has 0 bridgehead atoms. The minimum atomic E-state index is -4.60. The van der Waals surface area contributed by atoms with Crippen LogP contribution in [0.25, 0.3) is 0 Å². The van der Waals surface area contributed by atoms with Gasteiger partial charge in [-0.3, -0.25) is 14.1 Å². The highest BCUT2D eigenvalue weighted by Gasteiger charge is 2.46. The van der Waals surface area contributed by atoms with Crippen LogP contribution in [0.1, 0.15) is 168 Å². The van der Waals surface area contributed by atoms with Crippen LogP contribution < -0.4 is 0 Å². The Morgan fingerprint density at radius 2 is 1.13 bits per heavy atom. The molecule has 0 aromatic heterocycles. The van der Waals surface area contributed by atoms with Crippen molar-refractivity contribution in [1.29, 1.82) is 0 Å². The van der Waals surface area contributed by atoms with Gasteiger partial charge in [0.2, 0.25) is 0 Å². The molecule has 0 radical (unpaired) electrons. The van der Waals surface area contributed by atoms with Gasteiger partial charge in [0.05, 0.1) is 6.61 Å². The number of hydrogen-bond acceptors (Lipinski definition) is 11. The topological polar surface area (TPSA) is 186 Å². The molecular formula is C40H72O12S. The molecule has 1 heterocycles. The molecule has 6 atom stereocenters. The smallest absolute Gasteiger partial charge is 0.306 e. The number of rotatable bonds is 33. The monoisotopic (exact) mass is 776 g/mol. The second kappa shape index (κ2) is 31.4. The predicted octanol–water partition coefficient (Wildman–Crippen LogP) is 7.27. The minimum absolute atomic E-state index is 0.163. The molecule has 13 heteroatoms. The molecule has 1 fully saturated rings. The number of hydrogen-bond donors (Lipinski definition) is 4. The quantitative estimate of drug-likeness (QED) is 0.0227. The van der Waals surface area contributed by atoms with Crippen LogP contribution in [0, 0.1) is 0 Å². The zero-order valence-electron chi connectivity index (χ0n) is 32.7. The lowest BCUT2D eigenvalue weighted by atomic mass is 10.00. The van der Waals surface area contributed by atoms with E-state index in [1.807, 2.05) is 0 Å². The molecule has 0 spiro atoms. The number of carbonyl (C=O) groups is 2. The lowest BCUT2D eigenvalue weighted by molar-refractivity contribution is -0.297. The minimum Gasteiger partial charge on any atom is -0.462 e. The second-order valence-corrected chi connectivity index (χ2v) is 15.9. The highest BCUT2D eigenvalue weighted by atomic mass is 32.2. The highest BCUT2D eigenvalue weighted by Crippen LogP contribution is 2.24. The largest absolute Gasteiger partial charge is 0.462 e. The van der Waals surface area contributed by atoms with E-state index >= 15 is 0 Å². The molecule has 0 aliphatic carbocycles. The van der Waals surface area contributed by atoms with E-state index in [1.165, 1.54) is 70.6 Å². The lowest BCUT2D eigenvalue weighted by Gasteiger charge is -2.40. The zero-order valence-corrected chi connectivity index (χ0v) is 33.5. The molecule has 1 rings (SSSR count). The molecule has 0 saturated carbocycles. The molecule has 53 heavy (non-hydrogen) atoms. The maximum absolute atomic E-state index is 12.7. The van der Waals surface area contributed by atoms with Crippen molar-refractivity contribution in [2.24, 2.45) is 0 Å². The molecule has 1 aliphatic heterocycles. The number of esters is 2. The van der Waals surface area contributed by atoms with Gasteiger partial charge in [0, 0.05) is 12.8 Å². The first-order valence-corrected chi connectivity index (χ1v) is 22.1. The van der Waals surface area contributed by atoms with Crippen molar-refractivity contribution in [2.75, 3.05) is 19.0 Å². The van der Waals surface area contributed by atoms with Gasteiger partial charge in [-0.25, -0.2) is 0 Å². The molecule has 2 unspecified atom stereocenters. The molecule has 1 saturated heterocycles. The van der Waals surface area contributed by atoms with Gasteiger partial charge in [0.1, 0.15) is 36.8 Å². The van der Waals surface area contributed by atoms with E-state index in [-0.39, 0.29) is 19.4 Å². The number of aliphatic hydroxyl groups excluding tert-OH is 3. The van der Waals surface area contributed by atoms with Crippen molar-refractivity contribution in [3.63, 3.8) is 0 Å². The van der Waals surface area contributed by atoms with Gasteiger partial charge in [-0.05, 0) is 50.7 Å². The van der Waals surface area contributed by atoms with Crippen molar-refractivity contribution in [1.82, 2.24) is 0 Å². The first-order chi connectivity index (χ1) is 25.5.